The Morgan fingerprint density at radius 1 is 1.15 bits per heavy atom. The number of hydrogen-bond donors (Lipinski definition) is 2. The van der Waals surface area contributed by atoms with Crippen molar-refractivity contribution in [2.75, 3.05) is 23.3 Å². The van der Waals surface area contributed by atoms with Gasteiger partial charge < -0.3 is 15.5 Å². The molecule has 142 valence electrons. The Balaban J connectivity index is 1.82. The highest BCUT2D eigenvalue weighted by molar-refractivity contribution is 6.02. The van der Waals surface area contributed by atoms with Crippen molar-refractivity contribution in [2.45, 2.75) is 64.8 Å². The minimum Gasteiger partial charge on any atom is -0.371 e. The number of nitrogens with one attached hydrogen (secondary N) is 2. The van der Waals surface area contributed by atoms with Gasteiger partial charge in [-0.05, 0) is 63.6 Å². The average Bonchev–Trinajstić information content (AvgIpc) is 2.60. The van der Waals surface area contributed by atoms with E-state index < -0.39 is 0 Å². The first-order chi connectivity index (χ1) is 12.6. The van der Waals surface area contributed by atoms with Crippen molar-refractivity contribution in [3.05, 3.63) is 23.8 Å². The molecule has 1 unspecified atom stereocenters. The van der Waals surface area contributed by atoms with E-state index in [2.05, 4.69) is 22.5 Å². The van der Waals surface area contributed by atoms with Gasteiger partial charge in [0.1, 0.15) is 0 Å². The first-order valence-corrected chi connectivity index (χ1v) is 10.1. The van der Waals surface area contributed by atoms with Crippen LogP contribution in [0.5, 0.6) is 0 Å². The second-order valence-corrected chi connectivity index (χ2v) is 7.68. The highest BCUT2D eigenvalue weighted by Gasteiger charge is 2.26. The maximum Gasteiger partial charge on any atom is 0.253 e. The van der Waals surface area contributed by atoms with Crippen LogP contribution in [-0.2, 0) is 4.79 Å². The molecule has 2 N–H and O–H groups in total. The highest BCUT2D eigenvalue weighted by Crippen LogP contribution is 2.30. The Labute approximate surface area is 156 Å². The van der Waals surface area contributed by atoms with Gasteiger partial charge in [0.2, 0.25) is 5.91 Å². The zero-order chi connectivity index (χ0) is 18.5. The first-order valence-electron chi connectivity index (χ1n) is 10.1. The summed E-state index contributed by atoms with van der Waals surface area (Å²) in [6.45, 7) is 6.04. The quantitative estimate of drug-likeness (QED) is 0.810. The summed E-state index contributed by atoms with van der Waals surface area (Å²) in [4.78, 5) is 27.4. The fourth-order valence-corrected chi connectivity index (χ4v) is 3.52. The third-order valence-electron chi connectivity index (χ3n) is 5.67. The highest BCUT2D eigenvalue weighted by atomic mass is 16.2. The Morgan fingerprint density at radius 2 is 1.88 bits per heavy atom. The van der Waals surface area contributed by atoms with E-state index in [9.17, 15) is 9.59 Å². The number of carbonyl (C=O) groups excluding carboxylic acids is 2. The van der Waals surface area contributed by atoms with E-state index in [1.54, 1.807) is 0 Å². The van der Waals surface area contributed by atoms with E-state index in [0.717, 1.165) is 63.0 Å². The molecule has 2 aliphatic rings. The molecular formula is C21H31N3O2. The summed E-state index contributed by atoms with van der Waals surface area (Å²) in [6, 6.07) is 5.90. The molecule has 1 aromatic carbocycles. The van der Waals surface area contributed by atoms with Crippen molar-refractivity contribution in [3.8, 4) is 0 Å². The zero-order valence-electron chi connectivity index (χ0n) is 16.0. The molecule has 1 heterocycles. The molecule has 1 aliphatic carbocycles. The van der Waals surface area contributed by atoms with Gasteiger partial charge in [-0.25, -0.2) is 0 Å². The third-order valence-corrected chi connectivity index (χ3v) is 5.67. The number of amides is 2. The van der Waals surface area contributed by atoms with E-state index in [1.807, 2.05) is 25.1 Å². The number of rotatable bonds is 6. The molecule has 3 rings (SSSR count). The van der Waals surface area contributed by atoms with Crippen LogP contribution in [0.3, 0.4) is 0 Å². The van der Waals surface area contributed by atoms with Crippen LogP contribution in [0.2, 0.25) is 0 Å². The van der Waals surface area contributed by atoms with Gasteiger partial charge in [0.05, 0.1) is 5.56 Å². The maximum atomic E-state index is 12.9. The summed E-state index contributed by atoms with van der Waals surface area (Å²) < 4.78 is 0. The van der Waals surface area contributed by atoms with Crippen LogP contribution in [0, 0.1) is 5.92 Å². The van der Waals surface area contributed by atoms with E-state index in [1.165, 1.54) is 6.42 Å². The summed E-state index contributed by atoms with van der Waals surface area (Å²) in [7, 11) is 0. The normalized spacial score (nSPS) is 18.8. The number of piperidine rings is 1. The summed E-state index contributed by atoms with van der Waals surface area (Å²) >= 11 is 0. The summed E-state index contributed by atoms with van der Waals surface area (Å²) in [5, 5.41) is 6.07. The minimum absolute atomic E-state index is 0.0559. The molecule has 1 saturated heterocycles. The van der Waals surface area contributed by atoms with E-state index in [4.69, 9.17) is 0 Å². The average molecular weight is 357 g/mol. The number of nitrogens with zero attached hydrogens (tertiary/aromatic N) is 1. The molecular weight excluding hydrogens is 326 g/mol. The number of hydrogen-bond acceptors (Lipinski definition) is 3. The van der Waals surface area contributed by atoms with E-state index in [-0.39, 0.29) is 23.8 Å². The standard InChI is InChI=1S/C21H31N3O2/c1-3-15(2)22-21(26)18-14-17(23-20(25)16-8-7-9-16)10-11-19(18)24-12-5-4-6-13-24/h10-11,14-16H,3-9,12-13H2,1-2H3,(H,22,26)(H,23,25). The molecule has 1 aliphatic heterocycles. The molecule has 5 heteroatoms. The van der Waals surface area contributed by atoms with E-state index >= 15 is 0 Å². The molecule has 0 aromatic heterocycles. The maximum absolute atomic E-state index is 12.9. The van der Waals surface area contributed by atoms with Crippen molar-refractivity contribution < 1.29 is 9.59 Å². The van der Waals surface area contributed by atoms with Gasteiger partial charge in [-0.15, -0.1) is 0 Å². The smallest absolute Gasteiger partial charge is 0.253 e. The van der Waals surface area contributed by atoms with Crippen LogP contribution in [0.4, 0.5) is 11.4 Å². The fraction of sp³-hybridized carbons (Fsp3) is 0.619. The second-order valence-electron chi connectivity index (χ2n) is 7.68. The van der Waals surface area contributed by atoms with Crippen LogP contribution in [-0.4, -0.2) is 30.9 Å². The van der Waals surface area contributed by atoms with Crippen LogP contribution < -0.4 is 15.5 Å². The SMILES string of the molecule is CCC(C)NC(=O)c1cc(NC(=O)C2CCC2)ccc1N1CCCCC1. The second kappa shape index (κ2) is 8.56. The lowest BCUT2D eigenvalue weighted by molar-refractivity contribution is -0.122. The lowest BCUT2D eigenvalue weighted by Gasteiger charge is -2.31. The lowest BCUT2D eigenvalue weighted by Crippen LogP contribution is -2.35. The molecule has 2 amide bonds. The van der Waals surface area contributed by atoms with Gasteiger partial charge >= 0.3 is 0 Å². The predicted molar refractivity (Wildman–Crippen MR) is 106 cm³/mol. The third kappa shape index (κ3) is 4.37. The van der Waals surface area contributed by atoms with Crippen molar-refractivity contribution in [2.24, 2.45) is 5.92 Å². The molecule has 26 heavy (non-hydrogen) atoms. The molecule has 5 nitrogen and oxygen atoms in total. The number of anilines is 2. The van der Waals surface area contributed by atoms with Crippen LogP contribution in [0.25, 0.3) is 0 Å². The van der Waals surface area contributed by atoms with Gasteiger partial charge in [-0.3, -0.25) is 9.59 Å². The molecule has 1 atom stereocenters. The fourth-order valence-electron chi connectivity index (χ4n) is 3.52. The van der Waals surface area contributed by atoms with Gasteiger partial charge in [-0.1, -0.05) is 13.3 Å². The van der Waals surface area contributed by atoms with Gasteiger partial charge in [0, 0.05) is 36.4 Å². The Kier molecular flexibility index (Phi) is 6.17. The topological polar surface area (TPSA) is 61.4 Å². The Bertz CT molecular complexity index is 649. The molecule has 0 spiro atoms. The van der Waals surface area contributed by atoms with Crippen LogP contribution in [0.15, 0.2) is 18.2 Å². The Hall–Kier alpha value is -2.04. The lowest BCUT2D eigenvalue weighted by atomic mass is 9.85. The summed E-state index contributed by atoms with van der Waals surface area (Å²) in [5.74, 6) is 0.157. The monoisotopic (exact) mass is 357 g/mol. The van der Waals surface area contributed by atoms with Gasteiger partial charge in [0.15, 0.2) is 0 Å². The largest absolute Gasteiger partial charge is 0.371 e. The number of benzene rings is 1. The van der Waals surface area contributed by atoms with Gasteiger partial charge in [0.25, 0.3) is 5.91 Å². The molecule has 1 saturated carbocycles. The molecule has 2 fully saturated rings. The predicted octanol–water partition coefficient (Wildman–Crippen LogP) is 3.94. The zero-order valence-corrected chi connectivity index (χ0v) is 16.0. The van der Waals surface area contributed by atoms with Gasteiger partial charge in [-0.2, -0.15) is 0 Å². The van der Waals surface area contributed by atoms with Crippen LogP contribution in [0.1, 0.15) is 69.2 Å². The van der Waals surface area contributed by atoms with E-state index in [0.29, 0.717) is 5.56 Å². The number of carbonyl (C=O) groups is 2. The molecule has 0 bridgehead atoms. The summed E-state index contributed by atoms with van der Waals surface area (Å²) in [6.07, 6.45) is 7.54. The molecule has 1 aromatic rings. The van der Waals surface area contributed by atoms with Crippen molar-refractivity contribution in [1.29, 1.82) is 0 Å². The van der Waals surface area contributed by atoms with Crippen molar-refractivity contribution in [3.63, 3.8) is 0 Å². The molecule has 0 radical (unpaired) electrons. The van der Waals surface area contributed by atoms with Crippen LogP contribution >= 0.6 is 0 Å². The first kappa shape index (κ1) is 18.7. The van der Waals surface area contributed by atoms with Crippen molar-refractivity contribution >= 4 is 23.2 Å². The van der Waals surface area contributed by atoms with Crippen molar-refractivity contribution in [1.82, 2.24) is 5.32 Å². The minimum atomic E-state index is -0.0559. The summed E-state index contributed by atoms with van der Waals surface area (Å²) in [5.41, 5.74) is 2.36. The Morgan fingerprint density at radius 3 is 2.50 bits per heavy atom.